The third-order valence-electron chi connectivity index (χ3n) is 6.18. The summed E-state index contributed by atoms with van der Waals surface area (Å²) in [5.74, 6) is 0.924. The van der Waals surface area contributed by atoms with Crippen LogP contribution in [0.25, 0.3) is 0 Å². The van der Waals surface area contributed by atoms with Gasteiger partial charge in [0.25, 0.3) is 0 Å². The number of likely N-dealkylation sites (N-methyl/N-ethyl adjacent to an activating group) is 1. The molecule has 0 amide bonds. The predicted octanol–water partition coefficient (Wildman–Crippen LogP) is 1.45. The number of likely N-dealkylation sites (tertiary alicyclic amines) is 1. The molecule has 28 heavy (non-hydrogen) atoms. The van der Waals surface area contributed by atoms with Crippen molar-refractivity contribution in [3.63, 3.8) is 0 Å². The average Bonchev–Trinajstić information content (AvgIpc) is 3.16. The summed E-state index contributed by atoms with van der Waals surface area (Å²) in [7, 11) is 4.07. The van der Waals surface area contributed by atoms with Crippen LogP contribution >= 0.6 is 0 Å². The van der Waals surface area contributed by atoms with Crippen molar-refractivity contribution in [2.75, 3.05) is 59.9 Å². The highest BCUT2D eigenvalue weighted by atomic mass is 15.3. The Morgan fingerprint density at radius 2 is 1.86 bits per heavy atom. The van der Waals surface area contributed by atoms with Gasteiger partial charge >= 0.3 is 0 Å². The molecule has 6 nitrogen and oxygen atoms in total. The van der Waals surface area contributed by atoms with E-state index in [4.69, 9.17) is 0 Å². The molecule has 2 N–H and O–H groups in total. The summed E-state index contributed by atoms with van der Waals surface area (Å²) in [6.45, 7) is 11.1. The Morgan fingerprint density at radius 3 is 2.57 bits per heavy atom. The zero-order chi connectivity index (χ0) is 19.8. The van der Waals surface area contributed by atoms with Crippen LogP contribution in [0.4, 0.5) is 0 Å². The largest absolute Gasteiger partial charge is 0.355 e. The topological polar surface area (TPSA) is 46.1 Å². The fourth-order valence-electron chi connectivity index (χ4n) is 4.22. The highest BCUT2D eigenvalue weighted by molar-refractivity contribution is 5.79. The van der Waals surface area contributed by atoms with E-state index in [-0.39, 0.29) is 0 Å². The van der Waals surface area contributed by atoms with Gasteiger partial charge in [0.1, 0.15) is 0 Å². The maximum Gasteiger partial charge on any atom is 0.191 e. The summed E-state index contributed by atoms with van der Waals surface area (Å²) in [5, 5.41) is 7.09. The van der Waals surface area contributed by atoms with E-state index in [2.05, 4.69) is 74.6 Å². The molecule has 0 spiro atoms. The van der Waals surface area contributed by atoms with Crippen molar-refractivity contribution in [2.24, 2.45) is 4.99 Å². The number of rotatable bonds is 7. The molecular weight excluding hydrogens is 348 g/mol. The minimum atomic E-state index is 0.522. The number of aliphatic imine (C=N–C) groups is 1. The minimum Gasteiger partial charge on any atom is -0.355 e. The third-order valence-corrected chi connectivity index (χ3v) is 6.18. The second-order valence-corrected chi connectivity index (χ2v) is 8.27. The van der Waals surface area contributed by atoms with Gasteiger partial charge in [-0.05, 0) is 38.9 Å². The molecule has 0 aromatic heterocycles. The molecule has 0 radical (unpaired) electrons. The smallest absolute Gasteiger partial charge is 0.191 e. The lowest BCUT2D eigenvalue weighted by molar-refractivity contribution is 0.120. The van der Waals surface area contributed by atoms with E-state index in [1.54, 1.807) is 0 Å². The summed E-state index contributed by atoms with van der Waals surface area (Å²) in [4.78, 5) is 12.0. The maximum absolute atomic E-state index is 4.44. The van der Waals surface area contributed by atoms with Crippen molar-refractivity contribution in [2.45, 2.75) is 38.4 Å². The van der Waals surface area contributed by atoms with E-state index in [9.17, 15) is 0 Å². The predicted molar refractivity (Wildman–Crippen MR) is 118 cm³/mol. The van der Waals surface area contributed by atoms with Crippen molar-refractivity contribution in [3.8, 4) is 0 Å². The molecule has 0 bridgehead atoms. The number of hydrogen-bond donors (Lipinski definition) is 2. The molecule has 1 aromatic carbocycles. The number of benzene rings is 1. The number of piperazine rings is 1. The van der Waals surface area contributed by atoms with Gasteiger partial charge in [0.05, 0.1) is 0 Å². The Kier molecular flexibility index (Phi) is 8.13. The van der Waals surface area contributed by atoms with Crippen molar-refractivity contribution in [1.29, 1.82) is 0 Å². The van der Waals surface area contributed by atoms with Gasteiger partial charge in [0.15, 0.2) is 5.96 Å². The first kappa shape index (κ1) is 21.1. The number of nitrogens with one attached hydrogen (secondary N) is 2. The molecule has 2 saturated heterocycles. The molecule has 156 valence electrons. The second kappa shape index (κ2) is 10.8. The lowest BCUT2D eigenvalue weighted by Gasteiger charge is -2.36. The second-order valence-electron chi connectivity index (χ2n) is 8.27. The Hall–Kier alpha value is -1.63. The maximum atomic E-state index is 4.44. The van der Waals surface area contributed by atoms with Crippen molar-refractivity contribution >= 4 is 5.96 Å². The van der Waals surface area contributed by atoms with E-state index < -0.39 is 0 Å². The monoisotopic (exact) mass is 386 g/mol. The summed E-state index contributed by atoms with van der Waals surface area (Å²) in [6, 6.07) is 11.9. The van der Waals surface area contributed by atoms with Crippen LogP contribution in [0.3, 0.4) is 0 Å². The normalized spacial score (nSPS) is 23.7. The zero-order valence-electron chi connectivity index (χ0n) is 17.9. The lowest BCUT2D eigenvalue weighted by Crippen LogP contribution is -2.53. The molecule has 0 saturated carbocycles. The molecule has 2 atom stereocenters. The SMILES string of the molecule is CN=C(NCC(C)N1CCN(C)CC1)NCC1CCCN1Cc1ccccc1. The van der Waals surface area contributed by atoms with Gasteiger partial charge in [-0.1, -0.05) is 30.3 Å². The molecule has 2 aliphatic rings. The van der Waals surface area contributed by atoms with Crippen LogP contribution in [-0.4, -0.2) is 92.7 Å². The van der Waals surface area contributed by atoms with Gasteiger partial charge in [-0.15, -0.1) is 0 Å². The molecule has 2 heterocycles. The molecule has 3 rings (SSSR count). The van der Waals surface area contributed by atoms with Gasteiger partial charge < -0.3 is 15.5 Å². The first-order valence-corrected chi connectivity index (χ1v) is 10.8. The molecule has 0 aliphatic carbocycles. The molecule has 2 fully saturated rings. The summed E-state index contributed by atoms with van der Waals surface area (Å²) in [6.07, 6.45) is 2.54. The Balaban J connectivity index is 1.40. The first-order chi connectivity index (χ1) is 13.7. The van der Waals surface area contributed by atoms with Crippen LogP contribution < -0.4 is 10.6 Å². The van der Waals surface area contributed by atoms with E-state index >= 15 is 0 Å². The molecule has 1 aromatic rings. The summed E-state index contributed by atoms with van der Waals surface area (Å²) >= 11 is 0. The summed E-state index contributed by atoms with van der Waals surface area (Å²) in [5.41, 5.74) is 1.40. The Bertz CT molecular complexity index is 596. The Labute approximate surface area is 171 Å². The molecule has 2 unspecified atom stereocenters. The minimum absolute atomic E-state index is 0.522. The van der Waals surface area contributed by atoms with Crippen LogP contribution in [0.15, 0.2) is 35.3 Å². The standard InChI is InChI=1S/C22H38N6/c1-19(27-14-12-26(3)13-15-27)16-24-22(23-2)25-17-21-10-7-11-28(21)18-20-8-5-4-6-9-20/h4-6,8-9,19,21H,7,10-18H2,1-3H3,(H2,23,24,25). The van der Waals surface area contributed by atoms with Crippen molar-refractivity contribution in [3.05, 3.63) is 35.9 Å². The van der Waals surface area contributed by atoms with E-state index in [1.807, 2.05) is 7.05 Å². The Morgan fingerprint density at radius 1 is 1.11 bits per heavy atom. The van der Waals surface area contributed by atoms with Crippen LogP contribution in [0.5, 0.6) is 0 Å². The number of guanidine groups is 1. The van der Waals surface area contributed by atoms with Crippen LogP contribution in [0.1, 0.15) is 25.3 Å². The van der Waals surface area contributed by atoms with Gasteiger partial charge in [0.2, 0.25) is 0 Å². The highest BCUT2D eigenvalue weighted by Crippen LogP contribution is 2.19. The van der Waals surface area contributed by atoms with E-state index in [0.717, 1.165) is 51.8 Å². The summed E-state index contributed by atoms with van der Waals surface area (Å²) < 4.78 is 0. The number of nitrogens with zero attached hydrogens (tertiary/aromatic N) is 4. The quantitative estimate of drug-likeness (QED) is 0.549. The lowest BCUT2D eigenvalue weighted by atomic mass is 10.2. The van der Waals surface area contributed by atoms with E-state index in [0.29, 0.717) is 12.1 Å². The average molecular weight is 387 g/mol. The molecular formula is C22H38N6. The van der Waals surface area contributed by atoms with Crippen molar-refractivity contribution in [1.82, 2.24) is 25.3 Å². The van der Waals surface area contributed by atoms with Crippen LogP contribution in [-0.2, 0) is 6.54 Å². The zero-order valence-corrected chi connectivity index (χ0v) is 17.9. The van der Waals surface area contributed by atoms with E-state index in [1.165, 1.54) is 24.9 Å². The molecule has 2 aliphatic heterocycles. The van der Waals surface area contributed by atoms with Crippen LogP contribution in [0, 0.1) is 0 Å². The fraction of sp³-hybridized carbons (Fsp3) is 0.682. The van der Waals surface area contributed by atoms with Gasteiger partial charge in [-0.3, -0.25) is 14.8 Å². The first-order valence-electron chi connectivity index (χ1n) is 10.8. The van der Waals surface area contributed by atoms with Crippen molar-refractivity contribution < 1.29 is 0 Å². The fourth-order valence-corrected chi connectivity index (χ4v) is 4.22. The molecule has 6 heteroatoms. The third kappa shape index (κ3) is 6.19. The number of hydrogen-bond acceptors (Lipinski definition) is 4. The highest BCUT2D eigenvalue weighted by Gasteiger charge is 2.25. The van der Waals surface area contributed by atoms with Crippen LogP contribution in [0.2, 0.25) is 0 Å². The van der Waals surface area contributed by atoms with Gasteiger partial charge in [-0.25, -0.2) is 0 Å². The van der Waals surface area contributed by atoms with Gasteiger partial charge in [0, 0.05) is 64.9 Å². The van der Waals surface area contributed by atoms with Gasteiger partial charge in [-0.2, -0.15) is 0 Å².